The third-order valence-corrected chi connectivity index (χ3v) is 11.1. The molecule has 3 aromatic heterocycles. The van der Waals surface area contributed by atoms with Crippen LogP contribution in [0.25, 0.3) is 94.7 Å². The summed E-state index contributed by atoms with van der Waals surface area (Å²) in [4.78, 5) is 14.8. The molecule has 0 atom stereocenters. The summed E-state index contributed by atoms with van der Waals surface area (Å²) in [5, 5.41) is 4.61. The lowest BCUT2D eigenvalue weighted by Crippen LogP contribution is -2.14. The normalized spacial score (nSPS) is 13.2. The summed E-state index contributed by atoms with van der Waals surface area (Å²) in [5.41, 5.74) is 13.1. The van der Waals surface area contributed by atoms with E-state index in [1.807, 2.05) is 60.7 Å². The van der Waals surface area contributed by atoms with E-state index in [9.17, 15) is 0 Å². The van der Waals surface area contributed by atoms with Gasteiger partial charge in [-0.1, -0.05) is 135 Å². The zero-order valence-electron chi connectivity index (χ0n) is 29.2. The highest BCUT2D eigenvalue weighted by Crippen LogP contribution is 2.53. The molecule has 0 saturated heterocycles. The first-order chi connectivity index (χ1) is 26.0. The molecule has 53 heavy (non-hydrogen) atoms. The molecule has 1 aliphatic rings. The summed E-state index contributed by atoms with van der Waals surface area (Å²) in [6, 6.07) is 55.3. The molecule has 5 heteroatoms. The van der Waals surface area contributed by atoms with Crippen LogP contribution in [0.2, 0.25) is 0 Å². The van der Waals surface area contributed by atoms with Crippen molar-refractivity contribution in [1.82, 2.24) is 19.5 Å². The fraction of sp³-hybridized carbons (Fsp3) is 0.0625. The third-order valence-electron chi connectivity index (χ3n) is 11.1. The maximum absolute atomic E-state index is 6.70. The topological polar surface area (TPSA) is 56.7 Å². The lowest BCUT2D eigenvalue weighted by molar-refractivity contribution is 0.660. The Morgan fingerprint density at radius 3 is 1.79 bits per heavy atom. The summed E-state index contributed by atoms with van der Waals surface area (Å²) in [6.45, 7) is 4.68. The van der Waals surface area contributed by atoms with Gasteiger partial charge in [0.05, 0.1) is 11.0 Å². The Labute approximate surface area is 305 Å². The predicted molar refractivity (Wildman–Crippen MR) is 215 cm³/mol. The number of furan rings is 1. The molecular weight excluding hydrogens is 649 g/mol. The minimum atomic E-state index is -0.0932. The van der Waals surface area contributed by atoms with E-state index in [-0.39, 0.29) is 5.41 Å². The summed E-state index contributed by atoms with van der Waals surface area (Å²) in [6.07, 6.45) is 0. The summed E-state index contributed by atoms with van der Waals surface area (Å²) in [5.74, 6) is 1.86. The number of rotatable bonds is 4. The van der Waals surface area contributed by atoms with Crippen molar-refractivity contribution in [2.24, 2.45) is 0 Å². The maximum Gasteiger partial charge on any atom is 0.164 e. The van der Waals surface area contributed by atoms with Gasteiger partial charge >= 0.3 is 0 Å². The van der Waals surface area contributed by atoms with Gasteiger partial charge in [-0.25, -0.2) is 15.0 Å². The lowest BCUT2D eigenvalue weighted by Gasteiger charge is -2.21. The summed E-state index contributed by atoms with van der Waals surface area (Å²) >= 11 is 0. The van der Waals surface area contributed by atoms with Crippen molar-refractivity contribution in [2.75, 3.05) is 0 Å². The monoisotopic (exact) mass is 680 g/mol. The van der Waals surface area contributed by atoms with Gasteiger partial charge in [-0.15, -0.1) is 0 Å². The van der Waals surface area contributed by atoms with Crippen molar-refractivity contribution in [2.45, 2.75) is 19.3 Å². The molecule has 1 aliphatic carbocycles. The van der Waals surface area contributed by atoms with E-state index in [0.29, 0.717) is 17.5 Å². The minimum Gasteiger partial charge on any atom is -0.456 e. The van der Waals surface area contributed by atoms with Crippen LogP contribution in [0, 0.1) is 0 Å². The van der Waals surface area contributed by atoms with Gasteiger partial charge in [0.2, 0.25) is 0 Å². The van der Waals surface area contributed by atoms with E-state index >= 15 is 0 Å². The Bertz CT molecular complexity index is 3020. The fourth-order valence-electron chi connectivity index (χ4n) is 8.49. The molecule has 250 valence electrons. The van der Waals surface area contributed by atoms with Crippen molar-refractivity contribution in [1.29, 1.82) is 0 Å². The zero-order chi connectivity index (χ0) is 35.3. The molecule has 7 aromatic carbocycles. The first kappa shape index (κ1) is 29.8. The second-order valence-electron chi connectivity index (χ2n) is 14.4. The van der Waals surface area contributed by atoms with Gasteiger partial charge in [0, 0.05) is 61.0 Å². The standard InChI is InChI=1S/C48H32N4O/c1-48(2)38-19-11-9-18-37(38)43-39(48)26-25-36-33-17-10-12-20-40(33)52(44(36)43)32-22-24-35-34-23-21-31(27-41(34)53-42(35)28-32)47-50-45(29-13-5-3-6-14-29)49-46(51-47)30-15-7-4-8-16-30/h3-28H,1-2H3. The number of benzene rings is 7. The maximum atomic E-state index is 6.70. The number of nitrogens with zero attached hydrogens (tertiary/aromatic N) is 4. The Morgan fingerprint density at radius 2 is 1.06 bits per heavy atom. The molecule has 0 spiro atoms. The molecule has 11 rings (SSSR count). The lowest BCUT2D eigenvalue weighted by atomic mass is 9.82. The van der Waals surface area contributed by atoms with E-state index in [0.717, 1.165) is 44.3 Å². The number of fused-ring (bicyclic) bond motifs is 10. The van der Waals surface area contributed by atoms with Gasteiger partial charge in [-0.3, -0.25) is 0 Å². The summed E-state index contributed by atoms with van der Waals surface area (Å²) in [7, 11) is 0. The number of para-hydroxylation sites is 1. The SMILES string of the molecule is CC1(C)c2ccccc2-c2c1ccc1c3ccccc3n(-c3ccc4c(c3)oc3cc(-c5nc(-c6ccccc6)nc(-c6ccccc6)n5)ccc34)c21. The Balaban J connectivity index is 1.09. The van der Waals surface area contributed by atoms with Gasteiger partial charge in [0.25, 0.3) is 0 Å². The molecule has 5 nitrogen and oxygen atoms in total. The van der Waals surface area contributed by atoms with E-state index in [1.165, 1.54) is 44.1 Å². The van der Waals surface area contributed by atoms with Crippen molar-refractivity contribution in [3.8, 4) is 51.0 Å². The number of hydrogen-bond acceptors (Lipinski definition) is 4. The average molecular weight is 681 g/mol. The van der Waals surface area contributed by atoms with Crippen LogP contribution in [0.1, 0.15) is 25.0 Å². The molecular formula is C48H32N4O. The van der Waals surface area contributed by atoms with Crippen LogP contribution in [0.4, 0.5) is 0 Å². The fourth-order valence-corrected chi connectivity index (χ4v) is 8.49. The Hall–Kier alpha value is -6.85. The molecule has 0 saturated carbocycles. The van der Waals surface area contributed by atoms with Crippen LogP contribution in [0.3, 0.4) is 0 Å². The van der Waals surface area contributed by atoms with Crippen LogP contribution in [-0.4, -0.2) is 19.5 Å². The Morgan fingerprint density at radius 1 is 0.472 bits per heavy atom. The molecule has 10 aromatic rings. The average Bonchev–Trinajstić information content (AvgIpc) is 3.83. The van der Waals surface area contributed by atoms with Gasteiger partial charge in [-0.2, -0.15) is 0 Å². The van der Waals surface area contributed by atoms with Crippen molar-refractivity contribution >= 4 is 43.7 Å². The molecule has 0 unspecified atom stereocenters. The number of aromatic nitrogens is 4. The first-order valence-electron chi connectivity index (χ1n) is 18.0. The smallest absolute Gasteiger partial charge is 0.164 e. The highest BCUT2D eigenvalue weighted by Gasteiger charge is 2.37. The van der Waals surface area contributed by atoms with Crippen LogP contribution >= 0.6 is 0 Å². The summed E-state index contributed by atoms with van der Waals surface area (Å²) < 4.78 is 9.14. The van der Waals surface area contributed by atoms with Gasteiger partial charge in [0.1, 0.15) is 11.2 Å². The van der Waals surface area contributed by atoms with Crippen LogP contribution in [0.5, 0.6) is 0 Å². The van der Waals surface area contributed by atoms with Crippen molar-refractivity contribution < 1.29 is 4.42 Å². The highest BCUT2D eigenvalue weighted by atomic mass is 16.3. The van der Waals surface area contributed by atoms with E-state index in [4.69, 9.17) is 19.4 Å². The highest BCUT2D eigenvalue weighted by molar-refractivity contribution is 6.16. The molecule has 0 radical (unpaired) electrons. The van der Waals surface area contributed by atoms with Crippen LogP contribution < -0.4 is 0 Å². The van der Waals surface area contributed by atoms with E-state index in [2.05, 4.69) is 115 Å². The predicted octanol–water partition coefficient (Wildman–Crippen LogP) is 12.2. The largest absolute Gasteiger partial charge is 0.456 e. The van der Waals surface area contributed by atoms with Crippen LogP contribution in [-0.2, 0) is 5.41 Å². The second kappa shape index (κ2) is 11.1. The number of hydrogen-bond donors (Lipinski definition) is 0. The minimum absolute atomic E-state index is 0.0932. The second-order valence-corrected chi connectivity index (χ2v) is 14.4. The molecule has 0 aliphatic heterocycles. The van der Waals surface area contributed by atoms with Crippen molar-refractivity contribution in [3.63, 3.8) is 0 Å². The third kappa shape index (κ3) is 4.40. The molecule has 0 bridgehead atoms. The molecule has 0 amide bonds. The van der Waals surface area contributed by atoms with Gasteiger partial charge < -0.3 is 8.98 Å². The van der Waals surface area contributed by atoms with Crippen LogP contribution in [0.15, 0.2) is 162 Å². The van der Waals surface area contributed by atoms with E-state index < -0.39 is 0 Å². The van der Waals surface area contributed by atoms with E-state index in [1.54, 1.807) is 0 Å². The first-order valence-corrected chi connectivity index (χ1v) is 18.0. The zero-order valence-corrected chi connectivity index (χ0v) is 29.2. The Kier molecular flexibility index (Phi) is 6.23. The molecule has 0 N–H and O–H groups in total. The molecule has 0 fully saturated rings. The molecule has 3 heterocycles. The quantitative estimate of drug-likeness (QED) is 0.186. The van der Waals surface area contributed by atoms with Gasteiger partial charge in [-0.05, 0) is 47.0 Å². The van der Waals surface area contributed by atoms with Gasteiger partial charge in [0.15, 0.2) is 17.5 Å². The van der Waals surface area contributed by atoms with Crippen molar-refractivity contribution in [3.05, 3.63) is 169 Å².